The minimum Gasteiger partial charge on any atom is -0.497 e. The molecular formula is C27H29F2N3O5S. The molecule has 0 saturated carbocycles. The van der Waals surface area contributed by atoms with Crippen LogP contribution in [0.2, 0.25) is 0 Å². The number of halogens is 2. The van der Waals surface area contributed by atoms with Crippen molar-refractivity contribution in [2.45, 2.75) is 31.3 Å². The molecule has 202 valence electrons. The van der Waals surface area contributed by atoms with Gasteiger partial charge in [0.15, 0.2) is 0 Å². The Labute approximate surface area is 220 Å². The predicted molar refractivity (Wildman–Crippen MR) is 139 cm³/mol. The monoisotopic (exact) mass is 545 g/mol. The van der Waals surface area contributed by atoms with Crippen LogP contribution in [-0.4, -0.2) is 51.4 Å². The van der Waals surface area contributed by atoms with E-state index in [-0.39, 0.29) is 22.7 Å². The van der Waals surface area contributed by atoms with Crippen LogP contribution in [0.1, 0.15) is 19.4 Å². The molecule has 0 heterocycles. The van der Waals surface area contributed by atoms with Gasteiger partial charge in [0.2, 0.25) is 11.8 Å². The fraction of sp³-hybridized carbons (Fsp3) is 0.259. The zero-order valence-electron chi connectivity index (χ0n) is 21.2. The molecule has 38 heavy (non-hydrogen) atoms. The second kappa shape index (κ2) is 12.5. The molecule has 8 nitrogen and oxygen atoms in total. The highest BCUT2D eigenvalue weighted by atomic mass is 32.2. The number of hydrogen-bond acceptors (Lipinski definition) is 5. The Morgan fingerprint density at radius 2 is 1.61 bits per heavy atom. The van der Waals surface area contributed by atoms with Gasteiger partial charge in [-0.15, -0.1) is 0 Å². The number of carbonyl (C=O) groups excluding carboxylic acids is 2. The SMILES string of the molecule is CCNC(=O)[C@H](C)N(Cc1ccccc1F)C(=O)CN(c1ccc(F)cc1)S(=O)(=O)c1ccc(OC)cc1. The van der Waals surface area contributed by atoms with Crippen molar-refractivity contribution in [3.8, 4) is 5.75 Å². The zero-order chi connectivity index (χ0) is 27.9. The van der Waals surface area contributed by atoms with E-state index in [2.05, 4.69) is 5.32 Å². The molecule has 0 aliphatic rings. The molecule has 11 heteroatoms. The standard InChI is InChI=1S/C27H29F2N3O5S/c1-4-30-27(34)19(2)31(17-20-7-5-6-8-25(20)29)26(33)18-32(22-11-9-21(28)10-12-22)38(35,36)24-15-13-23(37-3)14-16-24/h5-16,19H,4,17-18H2,1-3H3,(H,30,34)/t19-/m0/s1. The molecular weight excluding hydrogens is 516 g/mol. The molecule has 0 spiro atoms. The van der Waals surface area contributed by atoms with Gasteiger partial charge >= 0.3 is 0 Å². The lowest BCUT2D eigenvalue weighted by atomic mass is 10.1. The summed E-state index contributed by atoms with van der Waals surface area (Å²) in [5.74, 6) is -1.97. The summed E-state index contributed by atoms with van der Waals surface area (Å²) in [6.07, 6.45) is 0. The molecule has 0 unspecified atom stereocenters. The van der Waals surface area contributed by atoms with Crippen molar-refractivity contribution in [2.75, 3.05) is 24.5 Å². The minimum atomic E-state index is -4.32. The van der Waals surface area contributed by atoms with Crippen LogP contribution in [0.25, 0.3) is 0 Å². The number of ether oxygens (including phenoxy) is 1. The van der Waals surface area contributed by atoms with Crippen LogP contribution < -0.4 is 14.4 Å². The number of anilines is 1. The Morgan fingerprint density at radius 1 is 0.974 bits per heavy atom. The summed E-state index contributed by atoms with van der Waals surface area (Å²) < 4.78 is 61.4. The second-order valence-corrected chi connectivity index (χ2v) is 10.2. The van der Waals surface area contributed by atoms with E-state index in [4.69, 9.17) is 4.74 Å². The van der Waals surface area contributed by atoms with Crippen molar-refractivity contribution in [1.82, 2.24) is 10.2 Å². The van der Waals surface area contributed by atoms with Gasteiger partial charge in [-0.2, -0.15) is 0 Å². The molecule has 0 aliphatic carbocycles. The number of likely N-dealkylation sites (N-methyl/N-ethyl adjacent to an activating group) is 1. The van der Waals surface area contributed by atoms with Gasteiger partial charge in [0.1, 0.15) is 30.0 Å². The van der Waals surface area contributed by atoms with Crippen molar-refractivity contribution in [3.63, 3.8) is 0 Å². The fourth-order valence-corrected chi connectivity index (χ4v) is 5.14. The molecule has 0 aromatic heterocycles. The number of sulfonamides is 1. The highest BCUT2D eigenvalue weighted by Crippen LogP contribution is 2.26. The van der Waals surface area contributed by atoms with Crippen LogP contribution in [0.3, 0.4) is 0 Å². The topological polar surface area (TPSA) is 96.0 Å². The number of methoxy groups -OCH3 is 1. The van der Waals surface area contributed by atoms with Crippen molar-refractivity contribution in [2.24, 2.45) is 0 Å². The molecule has 2 amide bonds. The first-order chi connectivity index (χ1) is 18.1. The van der Waals surface area contributed by atoms with E-state index in [1.165, 1.54) is 68.6 Å². The van der Waals surface area contributed by atoms with Crippen LogP contribution in [0.4, 0.5) is 14.5 Å². The molecule has 3 aromatic rings. The third kappa shape index (κ3) is 6.65. The molecule has 0 saturated heterocycles. The molecule has 0 radical (unpaired) electrons. The molecule has 0 fully saturated rings. The first-order valence-electron chi connectivity index (χ1n) is 11.8. The van der Waals surface area contributed by atoms with Crippen LogP contribution in [-0.2, 0) is 26.2 Å². The number of rotatable bonds is 11. The average molecular weight is 546 g/mol. The van der Waals surface area contributed by atoms with Crippen molar-refractivity contribution < 1.29 is 31.5 Å². The molecule has 3 rings (SSSR count). The zero-order valence-corrected chi connectivity index (χ0v) is 22.0. The Bertz CT molecular complexity index is 1370. The van der Waals surface area contributed by atoms with E-state index < -0.39 is 46.1 Å². The van der Waals surface area contributed by atoms with Gasteiger partial charge in [0.05, 0.1) is 17.7 Å². The fourth-order valence-electron chi connectivity index (χ4n) is 3.73. The summed E-state index contributed by atoms with van der Waals surface area (Å²) in [4.78, 5) is 27.3. The number of benzene rings is 3. The summed E-state index contributed by atoms with van der Waals surface area (Å²) in [7, 11) is -2.89. The molecule has 1 atom stereocenters. The third-order valence-corrected chi connectivity index (χ3v) is 7.65. The largest absolute Gasteiger partial charge is 0.497 e. The van der Waals surface area contributed by atoms with Crippen molar-refractivity contribution in [1.29, 1.82) is 0 Å². The lowest BCUT2D eigenvalue weighted by Crippen LogP contribution is -2.51. The summed E-state index contributed by atoms with van der Waals surface area (Å²) in [6, 6.07) is 14.9. The maximum absolute atomic E-state index is 14.5. The third-order valence-electron chi connectivity index (χ3n) is 5.86. The first-order valence-corrected chi connectivity index (χ1v) is 13.3. The van der Waals surface area contributed by atoms with Gasteiger partial charge in [-0.3, -0.25) is 13.9 Å². The van der Waals surface area contributed by atoms with Crippen molar-refractivity contribution in [3.05, 3.63) is 90.0 Å². The smallest absolute Gasteiger partial charge is 0.264 e. The summed E-state index contributed by atoms with van der Waals surface area (Å²) in [6.45, 7) is 2.50. The highest BCUT2D eigenvalue weighted by molar-refractivity contribution is 7.92. The Kier molecular flexibility index (Phi) is 9.40. The van der Waals surface area contributed by atoms with E-state index in [0.29, 0.717) is 12.3 Å². The average Bonchev–Trinajstić information content (AvgIpc) is 2.91. The number of hydrogen-bond donors (Lipinski definition) is 1. The number of nitrogens with one attached hydrogen (secondary N) is 1. The minimum absolute atomic E-state index is 0.0343. The lowest BCUT2D eigenvalue weighted by Gasteiger charge is -2.32. The lowest BCUT2D eigenvalue weighted by molar-refractivity contribution is -0.139. The predicted octanol–water partition coefficient (Wildman–Crippen LogP) is 3.72. The number of amides is 2. The van der Waals surface area contributed by atoms with Gasteiger partial charge in [0, 0.05) is 18.7 Å². The summed E-state index contributed by atoms with van der Waals surface area (Å²) in [5.41, 5.74) is 0.190. The van der Waals surface area contributed by atoms with Crippen LogP contribution in [0.15, 0.2) is 77.7 Å². The van der Waals surface area contributed by atoms with Crippen LogP contribution in [0.5, 0.6) is 5.75 Å². The number of nitrogens with zero attached hydrogens (tertiary/aromatic N) is 2. The quantitative estimate of drug-likeness (QED) is 0.396. The highest BCUT2D eigenvalue weighted by Gasteiger charge is 2.32. The second-order valence-electron chi connectivity index (χ2n) is 8.35. The van der Waals surface area contributed by atoms with Crippen molar-refractivity contribution >= 4 is 27.5 Å². The van der Waals surface area contributed by atoms with Gasteiger partial charge in [0.25, 0.3) is 10.0 Å². The van der Waals surface area contributed by atoms with E-state index in [0.717, 1.165) is 21.3 Å². The van der Waals surface area contributed by atoms with Gasteiger partial charge in [-0.05, 0) is 68.4 Å². The summed E-state index contributed by atoms with van der Waals surface area (Å²) >= 11 is 0. The number of carbonyl (C=O) groups is 2. The normalized spacial score (nSPS) is 11.9. The molecule has 3 aromatic carbocycles. The first kappa shape index (κ1) is 28.6. The van der Waals surface area contributed by atoms with E-state index in [9.17, 15) is 26.8 Å². The molecule has 0 aliphatic heterocycles. The molecule has 0 bridgehead atoms. The van der Waals surface area contributed by atoms with Gasteiger partial charge < -0.3 is 15.0 Å². The van der Waals surface area contributed by atoms with Gasteiger partial charge in [-0.25, -0.2) is 17.2 Å². The Morgan fingerprint density at radius 3 is 2.18 bits per heavy atom. The van der Waals surface area contributed by atoms with Crippen LogP contribution in [0, 0.1) is 11.6 Å². The van der Waals surface area contributed by atoms with E-state index in [1.54, 1.807) is 13.0 Å². The Balaban J connectivity index is 2.03. The van der Waals surface area contributed by atoms with E-state index >= 15 is 0 Å². The summed E-state index contributed by atoms with van der Waals surface area (Å²) in [5, 5.41) is 2.63. The van der Waals surface area contributed by atoms with Gasteiger partial charge in [-0.1, -0.05) is 18.2 Å². The maximum Gasteiger partial charge on any atom is 0.264 e. The maximum atomic E-state index is 14.5. The van der Waals surface area contributed by atoms with E-state index in [1.807, 2.05) is 0 Å². The van der Waals surface area contributed by atoms with Crippen LogP contribution >= 0.6 is 0 Å². The Hall–Kier alpha value is -3.99. The molecule has 1 N–H and O–H groups in total.